The van der Waals surface area contributed by atoms with Crippen molar-refractivity contribution in [1.82, 2.24) is 15.2 Å². The average molecular weight is 653 g/mol. The number of ether oxygens (including phenoxy) is 2. The highest BCUT2D eigenvalue weighted by Crippen LogP contribution is 2.60. The van der Waals surface area contributed by atoms with Crippen molar-refractivity contribution in [2.45, 2.75) is 62.1 Å². The van der Waals surface area contributed by atoms with Crippen LogP contribution in [-0.2, 0) is 22.0 Å². The van der Waals surface area contributed by atoms with Crippen LogP contribution in [0.1, 0.15) is 42.9 Å². The zero-order chi connectivity index (χ0) is 28.7. The lowest BCUT2D eigenvalue weighted by Crippen LogP contribution is -2.51. The molecule has 5 rings (SSSR count). The van der Waals surface area contributed by atoms with Gasteiger partial charge in [-0.25, -0.2) is 8.42 Å². The molecule has 0 aromatic heterocycles. The molecule has 3 aliphatic rings. The first-order chi connectivity index (χ1) is 19.1. The van der Waals surface area contributed by atoms with Gasteiger partial charge in [-0.2, -0.15) is 11.8 Å². The standard InChI is InChI=1S/C29H38BrN3O5S2/c1-18-6-8-23(9-7-18)40(35,36)32-31-21-12-19(2)29-15-22(17-34)33(10-5-11-39-4)16-20-13-24(37-3)27(30)28(26(20)29)38-25(29)14-21/h6-9,13-14,19,22,25,31-32,34H,5,10-12,15-17H2,1-4H3/t19-,22+,25-,29+/m1/s1. The first-order valence-electron chi connectivity index (χ1n) is 13.6. The number of hydrogen-bond acceptors (Lipinski definition) is 8. The molecule has 4 atom stereocenters. The maximum atomic E-state index is 12.9. The minimum Gasteiger partial charge on any atom is -0.495 e. The Bertz CT molecular complexity index is 1390. The van der Waals surface area contributed by atoms with E-state index in [9.17, 15) is 13.5 Å². The lowest BCUT2D eigenvalue weighted by atomic mass is 9.60. The van der Waals surface area contributed by atoms with Crippen LogP contribution in [0.15, 0.2) is 51.5 Å². The van der Waals surface area contributed by atoms with E-state index < -0.39 is 10.0 Å². The first kappa shape index (κ1) is 29.7. The lowest BCUT2D eigenvalue weighted by molar-refractivity contribution is 0.0550. The number of allylic oxidation sites excluding steroid dienone is 1. The van der Waals surface area contributed by atoms with Gasteiger partial charge in [-0.1, -0.05) is 24.6 Å². The van der Waals surface area contributed by atoms with E-state index in [0.29, 0.717) is 13.0 Å². The SMILES string of the molecule is COc1cc2c3c(c1Br)O[C@@H]1C=C(NNS(=O)(=O)c4ccc(C)cc4)C[C@@H](C)[C@]31C[C@@H](CO)N(CCCSC)C2. The molecule has 0 saturated heterocycles. The van der Waals surface area contributed by atoms with Gasteiger partial charge in [-0.05, 0) is 96.4 Å². The van der Waals surface area contributed by atoms with E-state index in [4.69, 9.17) is 9.47 Å². The minimum atomic E-state index is -3.75. The number of halogens is 1. The van der Waals surface area contributed by atoms with Crippen LogP contribution in [0.3, 0.4) is 0 Å². The van der Waals surface area contributed by atoms with Crippen molar-refractivity contribution in [2.24, 2.45) is 5.92 Å². The van der Waals surface area contributed by atoms with E-state index in [2.05, 4.69) is 50.3 Å². The van der Waals surface area contributed by atoms with Crippen molar-refractivity contribution < 1.29 is 23.0 Å². The second kappa shape index (κ2) is 11.9. The molecule has 2 aliphatic heterocycles. The molecule has 2 aromatic rings. The number of nitrogens with zero attached hydrogens (tertiary/aromatic N) is 1. The van der Waals surface area contributed by atoms with Gasteiger partial charge in [0.1, 0.15) is 22.1 Å². The largest absolute Gasteiger partial charge is 0.495 e. The number of aryl methyl sites for hydroxylation is 1. The number of aliphatic hydroxyl groups is 1. The summed E-state index contributed by atoms with van der Waals surface area (Å²) in [7, 11) is -2.09. The Hall–Kier alpha value is -1.76. The number of sulfonamides is 1. The van der Waals surface area contributed by atoms with Crippen LogP contribution in [0.25, 0.3) is 0 Å². The second-order valence-electron chi connectivity index (χ2n) is 11.0. The molecule has 0 saturated carbocycles. The van der Waals surface area contributed by atoms with Crippen molar-refractivity contribution in [3.63, 3.8) is 0 Å². The Morgan fingerprint density at radius 3 is 2.73 bits per heavy atom. The van der Waals surface area contributed by atoms with Gasteiger partial charge in [-0.3, -0.25) is 4.90 Å². The molecule has 8 nitrogen and oxygen atoms in total. The molecule has 0 bridgehead atoms. The molecule has 40 heavy (non-hydrogen) atoms. The number of hydrogen-bond donors (Lipinski definition) is 3. The van der Waals surface area contributed by atoms with Crippen molar-refractivity contribution in [2.75, 3.05) is 32.3 Å². The summed E-state index contributed by atoms with van der Waals surface area (Å²) in [6.45, 7) is 5.80. The maximum absolute atomic E-state index is 12.9. The monoisotopic (exact) mass is 651 g/mol. The van der Waals surface area contributed by atoms with E-state index >= 15 is 0 Å². The Balaban J connectivity index is 1.50. The molecular weight excluding hydrogens is 614 g/mol. The van der Waals surface area contributed by atoms with Gasteiger partial charge in [-0.15, -0.1) is 4.83 Å². The molecule has 11 heteroatoms. The number of thioether (sulfide) groups is 1. The van der Waals surface area contributed by atoms with Crippen LogP contribution in [0.2, 0.25) is 0 Å². The van der Waals surface area contributed by atoms with Crippen LogP contribution in [0.5, 0.6) is 11.5 Å². The smallest absolute Gasteiger partial charge is 0.257 e. The van der Waals surface area contributed by atoms with Crippen molar-refractivity contribution in [3.8, 4) is 11.5 Å². The molecule has 0 amide bonds. The lowest BCUT2D eigenvalue weighted by Gasteiger charge is -2.44. The molecule has 0 unspecified atom stereocenters. The van der Waals surface area contributed by atoms with E-state index in [1.165, 1.54) is 5.56 Å². The minimum absolute atomic E-state index is 0.0264. The van der Waals surface area contributed by atoms with E-state index in [0.717, 1.165) is 57.9 Å². The van der Waals surface area contributed by atoms with Gasteiger partial charge < -0.3 is 20.0 Å². The number of nitrogens with one attached hydrogen (secondary N) is 2. The number of rotatable bonds is 10. The summed E-state index contributed by atoms with van der Waals surface area (Å²) in [5.74, 6) is 2.68. The van der Waals surface area contributed by atoms with E-state index in [-0.39, 0.29) is 35.0 Å². The molecule has 3 N–H and O–H groups in total. The molecular formula is C29H38BrN3O5S2. The summed E-state index contributed by atoms with van der Waals surface area (Å²) in [4.78, 5) is 5.17. The van der Waals surface area contributed by atoms with Crippen LogP contribution in [-0.4, -0.2) is 62.8 Å². The fourth-order valence-electron chi connectivity index (χ4n) is 6.54. The number of aliphatic hydroxyl groups excluding tert-OH is 1. The third kappa shape index (κ3) is 5.29. The highest BCUT2D eigenvalue weighted by atomic mass is 79.9. The predicted molar refractivity (Wildman–Crippen MR) is 162 cm³/mol. The average Bonchev–Trinajstić information content (AvgIpc) is 3.20. The zero-order valence-electron chi connectivity index (χ0n) is 23.4. The fourth-order valence-corrected chi connectivity index (χ4v) is 8.41. The summed E-state index contributed by atoms with van der Waals surface area (Å²) in [6.07, 6.45) is 6.21. The summed E-state index contributed by atoms with van der Waals surface area (Å²) in [6, 6.07) is 8.84. The second-order valence-corrected chi connectivity index (χ2v) is 14.5. The molecule has 2 heterocycles. The Morgan fingerprint density at radius 1 is 1.30 bits per heavy atom. The molecule has 1 spiro atoms. The van der Waals surface area contributed by atoms with Gasteiger partial charge in [0.25, 0.3) is 10.0 Å². The fraction of sp³-hybridized carbons (Fsp3) is 0.517. The van der Waals surface area contributed by atoms with E-state index in [1.54, 1.807) is 31.4 Å². The predicted octanol–water partition coefficient (Wildman–Crippen LogP) is 4.49. The zero-order valence-corrected chi connectivity index (χ0v) is 26.6. The third-order valence-electron chi connectivity index (χ3n) is 8.61. The number of benzene rings is 2. The van der Waals surface area contributed by atoms with Crippen molar-refractivity contribution in [3.05, 3.63) is 63.3 Å². The van der Waals surface area contributed by atoms with Crippen LogP contribution < -0.4 is 19.7 Å². The molecule has 1 aliphatic carbocycles. The van der Waals surface area contributed by atoms with Crippen molar-refractivity contribution in [1.29, 1.82) is 0 Å². The highest BCUT2D eigenvalue weighted by Gasteiger charge is 2.58. The number of methoxy groups -OCH3 is 1. The Morgan fingerprint density at radius 2 is 2.05 bits per heavy atom. The van der Waals surface area contributed by atoms with Gasteiger partial charge in [0.05, 0.1) is 18.6 Å². The number of hydrazine groups is 1. The maximum Gasteiger partial charge on any atom is 0.257 e. The third-order valence-corrected chi connectivity index (χ3v) is 11.3. The van der Waals surface area contributed by atoms with Gasteiger partial charge >= 0.3 is 0 Å². The normalized spacial score (nSPS) is 25.9. The van der Waals surface area contributed by atoms with Gasteiger partial charge in [0.2, 0.25) is 0 Å². The van der Waals surface area contributed by atoms with Crippen molar-refractivity contribution >= 4 is 37.7 Å². The molecule has 0 fully saturated rings. The van der Waals surface area contributed by atoms with Gasteiger partial charge in [0.15, 0.2) is 0 Å². The van der Waals surface area contributed by atoms with Crippen LogP contribution in [0.4, 0.5) is 0 Å². The highest BCUT2D eigenvalue weighted by molar-refractivity contribution is 9.10. The molecule has 0 radical (unpaired) electrons. The topological polar surface area (TPSA) is 100 Å². The van der Waals surface area contributed by atoms with Crippen LogP contribution in [0, 0.1) is 12.8 Å². The summed E-state index contributed by atoms with van der Waals surface area (Å²) < 4.78 is 39.1. The first-order valence-corrected chi connectivity index (χ1v) is 17.3. The van der Waals surface area contributed by atoms with Crippen LogP contribution >= 0.6 is 27.7 Å². The molecule has 2 aromatic carbocycles. The molecule has 218 valence electrons. The quantitative estimate of drug-likeness (QED) is 0.255. The Kier molecular flexibility index (Phi) is 8.81. The summed E-state index contributed by atoms with van der Waals surface area (Å²) >= 11 is 5.58. The van der Waals surface area contributed by atoms with Gasteiger partial charge in [0, 0.05) is 29.3 Å². The van der Waals surface area contributed by atoms with E-state index in [1.807, 2.05) is 24.8 Å². The summed E-state index contributed by atoms with van der Waals surface area (Å²) in [5, 5.41) is 10.6. The Labute approximate surface area is 250 Å². The summed E-state index contributed by atoms with van der Waals surface area (Å²) in [5.41, 5.74) is 6.71.